The Morgan fingerprint density at radius 2 is 2.00 bits per heavy atom. The molecule has 0 aliphatic heterocycles. The zero-order valence-electron chi connectivity index (χ0n) is 6.53. The largest absolute Gasteiger partial charge is 0.572 e. The molecule has 0 N–H and O–H groups in total. The van der Waals surface area contributed by atoms with Crippen LogP contribution in [0.25, 0.3) is 0 Å². The normalized spacial score (nSPS) is 13.4. The average Bonchev–Trinajstić information content (AvgIpc) is 1.84. The van der Waals surface area contributed by atoms with Gasteiger partial charge in [-0.15, -0.1) is 13.2 Å². The fourth-order valence-corrected chi connectivity index (χ4v) is 0.649. The van der Waals surface area contributed by atoms with Crippen molar-refractivity contribution in [3.63, 3.8) is 0 Å². The van der Waals surface area contributed by atoms with Crippen molar-refractivity contribution in [3.8, 4) is 0 Å². The van der Waals surface area contributed by atoms with Crippen molar-refractivity contribution in [2.45, 2.75) is 33.1 Å². The van der Waals surface area contributed by atoms with Gasteiger partial charge >= 0.3 is 6.36 Å². The van der Waals surface area contributed by atoms with Crippen LogP contribution in [-0.4, -0.2) is 6.36 Å². The van der Waals surface area contributed by atoms with Gasteiger partial charge in [-0.1, -0.05) is 6.92 Å². The van der Waals surface area contributed by atoms with Crippen molar-refractivity contribution in [3.05, 3.63) is 11.8 Å². The Labute approximate surface area is 63.8 Å². The van der Waals surface area contributed by atoms with E-state index < -0.39 is 6.36 Å². The molecule has 11 heavy (non-hydrogen) atoms. The van der Waals surface area contributed by atoms with Gasteiger partial charge in [-0.05, 0) is 19.4 Å². The molecule has 0 aromatic carbocycles. The first-order chi connectivity index (χ1) is 4.99. The van der Waals surface area contributed by atoms with Crippen LogP contribution in [0.3, 0.4) is 0 Å². The van der Waals surface area contributed by atoms with Crippen molar-refractivity contribution in [2.75, 3.05) is 0 Å². The first-order valence-corrected chi connectivity index (χ1v) is 3.40. The molecule has 0 bridgehead atoms. The van der Waals surface area contributed by atoms with Crippen LogP contribution in [-0.2, 0) is 4.74 Å². The summed E-state index contributed by atoms with van der Waals surface area (Å²) in [6.07, 6.45) is -2.24. The van der Waals surface area contributed by atoms with Crippen molar-refractivity contribution in [1.29, 1.82) is 0 Å². The number of halogens is 3. The van der Waals surface area contributed by atoms with Crippen molar-refractivity contribution >= 4 is 0 Å². The van der Waals surface area contributed by atoms with Gasteiger partial charge in [0.2, 0.25) is 0 Å². The second kappa shape index (κ2) is 4.26. The summed E-state index contributed by atoms with van der Waals surface area (Å²) in [4.78, 5) is 0. The summed E-state index contributed by atoms with van der Waals surface area (Å²) >= 11 is 0. The average molecular weight is 168 g/mol. The lowest BCUT2D eigenvalue weighted by Gasteiger charge is -2.10. The number of rotatable bonds is 3. The highest BCUT2D eigenvalue weighted by molar-refractivity contribution is 4.89. The molecule has 0 radical (unpaired) electrons. The van der Waals surface area contributed by atoms with E-state index in [1.165, 1.54) is 13.0 Å². The zero-order valence-corrected chi connectivity index (χ0v) is 6.53. The van der Waals surface area contributed by atoms with Gasteiger partial charge < -0.3 is 4.74 Å². The van der Waals surface area contributed by atoms with Crippen LogP contribution in [0, 0.1) is 0 Å². The van der Waals surface area contributed by atoms with Gasteiger partial charge in [-0.3, -0.25) is 0 Å². The molecular weight excluding hydrogens is 157 g/mol. The summed E-state index contributed by atoms with van der Waals surface area (Å²) in [6.45, 7) is 3.32. The quantitative estimate of drug-likeness (QED) is 0.588. The maximum atomic E-state index is 11.6. The van der Waals surface area contributed by atoms with Gasteiger partial charge in [0, 0.05) is 6.42 Å². The third kappa shape index (κ3) is 5.76. The molecule has 0 saturated heterocycles. The molecule has 0 fully saturated rings. The van der Waals surface area contributed by atoms with Crippen LogP contribution in [0.15, 0.2) is 11.8 Å². The van der Waals surface area contributed by atoms with Crippen LogP contribution < -0.4 is 0 Å². The summed E-state index contributed by atoms with van der Waals surface area (Å²) < 4.78 is 38.3. The van der Waals surface area contributed by atoms with Crippen molar-refractivity contribution in [2.24, 2.45) is 0 Å². The molecule has 0 aromatic rings. The van der Waals surface area contributed by atoms with Crippen LogP contribution in [0.4, 0.5) is 13.2 Å². The molecule has 0 atom stereocenters. The monoisotopic (exact) mass is 168 g/mol. The summed E-state index contributed by atoms with van der Waals surface area (Å²) in [6, 6.07) is 0. The molecule has 0 spiro atoms. The maximum Gasteiger partial charge on any atom is 0.572 e. The predicted molar refractivity (Wildman–Crippen MR) is 35.8 cm³/mol. The van der Waals surface area contributed by atoms with Gasteiger partial charge in [0.25, 0.3) is 0 Å². The molecule has 4 heteroatoms. The third-order valence-corrected chi connectivity index (χ3v) is 1.07. The smallest absolute Gasteiger partial charge is 0.411 e. The van der Waals surface area contributed by atoms with Gasteiger partial charge in [0.15, 0.2) is 0 Å². The first-order valence-electron chi connectivity index (χ1n) is 3.40. The van der Waals surface area contributed by atoms with E-state index in [2.05, 4.69) is 4.74 Å². The maximum absolute atomic E-state index is 11.6. The number of hydrogen-bond acceptors (Lipinski definition) is 1. The Kier molecular flexibility index (Phi) is 4.00. The fraction of sp³-hybridized carbons (Fsp3) is 0.714. The van der Waals surface area contributed by atoms with Gasteiger partial charge in [-0.2, -0.15) is 0 Å². The van der Waals surface area contributed by atoms with Gasteiger partial charge in [0.05, 0.1) is 0 Å². The zero-order chi connectivity index (χ0) is 8.91. The second-order valence-electron chi connectivity index (χ2n) is 2.05. The number of ether oxygens (including phenoxy) is 1. The summed E-state index contributed by atoms with van der Waals surface area (Å²) in [5.41, 5.74) is 0. The lowest BCUT2D eigenvalue weighted by atomic mass is 10.3. The second-order valence-corrected chi connectivity index (χ2v) is 2.05. The number of hydrogen-bond donors (Lipinski definition) is 0. The summed E-state index contributed by atoms with van der Waals surface area (Å²) in [5, 5.41) is 0. The lowest BCUT2D eigenvalue weighted by Crippen LogP contribution is -2.12. The molecule has 1 nitrogen and oxygen atoms in total. The molecule has 0 unspecified atom stereocenters. The molecule has 0 aliphatic carbocycles. The van der Waals surface area contributed by atoms with Gasteiger partial charge in [-0.25, -0.2) is 0 Å². The Hall–Kier alpha value is -0.670. The lowest BCUT2D eigenvalue weighted by molar-refractivity contribution is -0.306. The molecule has 0 heterocycles. The van der Waals surface area contributed by atoms with E-state index >= 15 is 0 Å². The highest BCUT2D eigenvalue weighted by atomic mass is 19.4. The molecular formula is C7H11F3O. The SMILES string of the molecule is CC=C(CCC)OC(F)(F)F. The van der Waals surface area contributed by atoms with E-state index in [4.69, 9.17) is 0 Å². The van der Waals surface area contributed by atoms with Crippen molar-refractivity contribution < 1.29 is 17.9 Å². The molecule has 0 saturated carbocycles. The van der Waals surface area contributed by atoms with E-state index in [1.807, 2.05) is 0 Å². The van der Waals surface area contributed by atoms with E-state index in [0.717, 1.165) is 0 Å². The Bertz CT molecular complexity index is 137. The predicted octanol–water partition coefficient (Wildman–Crippen LogP) is 3.23. The van der Waals surface area contributed by atoms with Crippen LogP contribution in [0.1, 0.15) is 26.7 Å². The van der Waals surface area contributed by atoms with E-state index in [1.54, 1.807) is 6.92 Å². The van der Waals surface area contributed by atoms with Crippen LogP contribution in [0.5, 0.6) is 0 Å². The minimum absolute atomic E-state index is 0.0139. The number of allylic oxidation sites excluding steroid dienone is 2. The summed E-state index contributed by atoms with van der Waals surface area (Å²) in [5.74, 6) is -0.0139. The Morgan fingerprint density at radius 1 is 1.45 bits per heavy atom. The fourth-order valence-electron chi connectivity index (χ4n) is 0.649. The minimum atomic E-state index is -4.54. The minimum Gasteiger partial charge on any atom is -0.411 e. The molecule has 66 valence electrons. The Morgan fingerprint density at radius 3 is 2.27 bits per heavy atom. The van der Waals surface area contributed by atoms with Crippen LogP contribution in [0.2, 0.25) is 0 Å². The summed E-state index contributed by atoms with van der Waals surface area (Å²) in [7, 11) is 0. The Balaban J connectivity index is 3.90. The third-order valence-electron chi connectivity index (χ3n) is 1.07. The highest BCUT2D eigenvalue weighted by Crippen LogP contribution is 2.22. The topological polar surface area (TPSA) is 9.23 Å². The molecule has 0 aromatic heterocycles. The number of alkyl halides is 3. The molecule has 0 aliphatic rings. The van der Waals surface area contributed by atoms with E-state index in [0.29, 0.717) is 12.8 Å². The van der Waals surface area contributed by atoms with E-state index in [9.17, 15) is 13.2 Å². The van der Waals surface area contributed by atoms with Crippen molar-refractivity contribution in [1.82, 2.24) is 0 Å². The van der Waals surface area contributed by atoms with Crippen LogP contribution >= 0.6 is 0 Å². The first kappa shape index (κ1) is 10.3. The highest BCUT2D eigenvalue weighted by Gasteiger charge is 2.31. The standard InChI is InChI=1S/C7H11F3O/c1-3-5-6(4-2)11-7(8,9)10/h4H,3,5H2,1-2H3. The van der Waals surface area contributed by atoms with E-state index in [-0.39, 0.29) is 5.76 Å². The molecule has 0 rings (SSSR count). The molecule has 0 amide bonds. The van der Waals surface area contributed by atoms with Gasteiger partial charge in [0.1, 0.15) is 5.76 Å².